The number of carbonyl (C=O) groups excluding carboxylic acids is 1. The van der Waals surface area contributed by atoms with Gasteiger partial charge in [0.05, 0.1) is 11.6 Å². The summed E-state index contributed by atoms with van der Waals surface area (Å²) >= 11 is 0. The topological polar surface area (TPSA) is 38.7 Å². The Morgan fingerprint density at radius 1 is 1.21 bits per heavy atom. The lowest BCUT2D eigenvalue weighted by molar-refractivity contribution is 0.120. The normalized spacial score (nSPS) is 21.5. The summed E-state index contributed by atoms with van der Waals surface area (Å²) in [5.41, 5.74) is 0.756. The summed E-state index contributed by atoms with van der Waals surface area (Å²) in [4.78, 5) is 14.9. The molecule has 100 valence electrons. The van der Waals surface area contributed by atoms with Crippen LogP contribution < -0.4 is 4.74 Å². The van der Waals surface area contributed by atoms with Crippen molar-refractivity contribution in [3.63, 3.8) is 0 Å². The summed E-state index contributed by atoms with van der Waals surface area (Å²) in [5, 5.41) is 0. The lowest BCUT2D eigenvalue weighted by Crippen LogP contribution is -2.25. The van der Waals surface area contributed by atoms with Gasteiger partial charge < -0.3 is 4.74 Å². The Morgan fingerprint density at radius 2 is 2.00 bits per heavy atom. The van der Waals surface area contributed by atoms with Gasteiger partial charge in [-0.2, -0.15) is 4.99 Å². The maximum atomic E-state index is 10.7. The molecule has 0 unspecified atom stereocenters. The molecule has 3 nitrogen and oxygen atoms in total. The fourth-order valence-electron chi connectivity index (χ4n) is 3.05. The van der Waals surface area contributed by atoms with Gasteiger partial charge in [-0.25, -0.2) is 4.79 Å². The van der Waals surface area contributed by atoms with E-state index in [2.05, 4.69) is 17.1 Å². The van der Waals surface area contributed by atoms with E-state index in [0.29, 0.717) is 6.10 Å². The van der Waals surface area contributed by atoms with Crippen molar-refractivity contribution in [3.8, 4) is 5.75 Å². The second kappa shape index (κ2) is 5.18. The van der Waals surface area contributed by atoms with Gasteiger partial charge in [0.2, 0.25) is 6.08 Å². The largest absolute Gasteiger partial charge is 0.490 e. The summed E-state index contributed by atoms with van der Waals surface area (Å²) in [7, 11) is 0. The number of nitrogens with zero attached hydrogens (tertiary/aromatic N) is 1. The summed E-state index contributed by atoms with van der Waals surface area (Å²) in [6, 6.07) is 8.11. The van der Waals surface area contributed by atoms with E-state index in [0.717, 1.165) is 49.8 Å². The fraction of sp³-hybridized carbons (Fsp3) is 0.562. The zero-order valence-corrected chi connectivity index (χ0v) is 11.1. The van der Waals surface area contributed by atoms with Crippen LogP contribution in [0.25, 0.3) is 0 Å². The Morgan fingerprint density at radius 3 is 2.63 bits per heavy atom. The van der Waals surface area contributed by atoms with Crippen LogP contribution in [0.2, 0.25) is 0 Å². The van der Waals surface area contributed by atoms with Gasteiger partial charge in [-0.1, -0.05) is 25.0 Å². The summed E-state index contributed by atoms with van der Waals surface area (Å²) in [5.74, 6) is 0.912. The molecule has 1 aromatic rings. The second-order valence-electron chi connectivity index (χ2n) is 5.64. The minimum atomic E-state index is -0.346. The zero-order chi connectivity index (χ0) is 13.1. The smallest absolute Gasteiger partial charge is 0.235 e. The predicted octanol–water partition coefficient (Wildman–Crippen LogP) is 3.72. The fourth-order valence-corrected chi connectivity index (χ4v) is 3.05. The monoisotopic (exact) mass is 257 g/mol. The van der Waals surface area contributed by atoms with Gasteiger partial charge in [-0.15, -0.1) is 0 Å². The molecule has 0 aromatic heterocycles. The van der Waals surface area contributed by atoms with E-state index in [4.69, 9.17) is 4.74 Å². The van der Waals surface area contributed by atoms with Crippen molar-refractivity contribution < 1.29 is 9.53 Å². The Hall–Kier alpha value is -1.60. The van der Waals surface area contributed by atoms with Crippen molar-refractivity contribution in [2.45, 2.75) is 56.6 Å². The van der Waals surface area contributed by atoms with Gasteiger partial charge in [-0.05, 0) is 49.8 Å². The van der Waals surface area contributed by atoms with Crippen molar-refractivity contribution >= 4 is 6.08 Å². The molecule has 0 saturated heterocycles. The molecule has 0 radical (unpaired) electrons. The quantitative estimate of drug-likeness (QED) is 0.609. The number of aliphatic imine (C=N–C) groups is 1. The summed E-state index contributed by atoms with van der Waals surface area (Å²) < 4.78 is 5.93. The maximum Gasteiger partial charge on any atom is 0.235 e. The van der Waals surface area contributed by atoms with Crippen LogP contribution in [0, 0.1) is 0 Å². The molecule has 0 atom stereocenters. The highest BCUT2D eigenvalue weighted by Gasteiger charge is 2.36. The SMILES string of the molecule is O=C=NC1(c2cccc(OC3CCC3)c2)CCCC1. The molecule has 0 N–H and O–H groups in total. The Labute approximate surface area is 113 Å². The van der Waals surface area contributed by atoms with Crippen LogP contribution >= 0.6 is 0 Å². The van der Waals surface area contributed by atoms with Crippen LogP contribution in [0.4, 0.5) is 0 Å². The first-order valence-corrected chi connectivity index (χ1v) is 7.19. The molecule has 0 heterocycles. The molecule has 0 spiro atoms. The van der Waals surface area contributed by atoms with Crippen molar-refractivity contribution in [1.29, 1.82) is 0 Å². The van der Waals surface area contributed by atoms with Crippen LogP contribution in [-0.4, -0.2) is 12.2 Å². The van der Waals surface area contributed by atoms with Crippen molar-refractivity contribution in [2.24, 2.45) is 4.99 Å². The van der Waals surface area contributed by atoms with E-state index in [1.165, 1.54) is 6.42 Å². The van der Waals surface area contributed by atoms with E-state index < -0.39 is 0 Å². The molecule has 3 heteroatoms. The minimum absolute atomic E-state index is 0.346. The van der Waals surface area contributed by atoms with Gasteiger partial charge >= 0.3 is 0 Å². The summed E-state index contributed by atoms with van der Waals surface area (Å²) in [6.45, 7) is 0. The van der Waals surface area contributed by atoms with Gasteiger partial charge in [0.1, 0.15) is 5.75 Å². The third kappa shape index (κ3) is 2.43. The van der Waals surface area contributed by atoms with Gasteiger partial charge in [0.15, 0.2) is 0 Å². The van der Waals surface area contributed by atoms with E-state index in [1.807, 2.05) is 12.1 Å². The van der Waals surface area contributed by atoms with E-state index in [1.54, 1.807) is 6.08 Å². The van der Waals surface area contributed by atoms with Gasteiger partial charge in [0.25, 0.3) is 0 Å². The number of ether oxygens (including phenoxy) is 1. The zero-order valence-electron chi connectivity index (χ0n) is 11.1. The average molecular weight is 257 g/mol. The highest BCUT2D eigenvalue weighted by Crippen LogP contribution is 2.43. The van der Waals surface area contributed by atoms with Crippen molar-refractivity contribution in [1.82, 2.24) is 0 Å². The van der Waals surface area contributed by atoms with Gasteiger partial charge in [0, 0.05) is 0 Å². The number of rotatable bonds is 4. The first-order chi connectivity index (χ1) is 9.32. The molecular formula is C16H19NO2. The first kappa shape index (κ1) is 12.4. The first-order valence-electron chi connectivity index (χ1n) is 7.19. The number of hydrogen-bond acceptors (Lipinski definition) is 3. The molecule has 19 heavy (non-hydrogen) atoms. The Balaban J connectivity index is 1.86. The molecule has 2 aliphatic carbocycles. The number of isocyanates is 1. The predicted molar refractivity (Wildman–Crippen MR) is 73.0 cm³/mol. The second-order valence-corrected chi connectivity index (χ2v) is 5.64. The van der Waals surface area contributed by atoms with Crippen LogP contribution in [0.15, 0.2) is 29.3 Å². The van der Waals surface area contributed by atoms with Crippen LogP contribution in [-0.2, 0) is 10.3 Å². The van der Waals surface area contributed by atoms with E-state index in [-0.39, 0.29) is 5.54 Å². The van der Waals surface area contributed by atoms with Crippen molar-refractivity contribution in [3.05, 3.63) is 29.8 Å². The average Bonchev–Trinajstić information content (AvgIpc) is 2.85. The van der Waals surface area contributed by atoms with E-state index in [9.17, 15) is 4.79 Å². The van der Waals surface area contributed by atoms with Crippen molar-refractivity contribution in [2.75, 3.05) is 0 Å². The molecule has 2 fully saturated rings. The molecule has 2 saturated carbocycles. The molecule has 0 amide bonds. The van der Waals surface area contributed by atoms with Crippen LogP contribution in [0.5, 0.6) is 5.75 Å². The van der Waals surface area contributed by atoms with E-state index >= 15 is 0 Å². The molecule has 3 rings (SSSR count). The molecule has 0 aliphatic heterocycles. The van der Waals surface area contributed by atoms with Crippen LogP contribution in [0.1, 0.15) is 50.5 Å². The molecule has 0 bridgehead atoms. The van der Waals surface area contributed by atoms with Crippen LogP contribution in [0.3, 0.4) is 0 Å². The summed E-state index contributed by atoms with van der Waals surface area (Å²) in [6.07, 6.45) is 9.85. The Kier molecular flexibility index (Phi) is 3.39. The Bertz CT molecular complexity index is 495. The molecule has 1 aromatic carbocycles. The third-order valence-electron chi connectivity index (χ3n) is 4.42. The van der Waals surface area contributed by atoms with Gasteiger partial charge in [-0.3, -0.25) is 0 Å². The maximum absolute atomic E-state index is 10.7. The lowest BCUT2D eigenvalue weighted by Gasteiger charge is -2.28. The highest BCUT2D eigenvalue weighted by molar-refractivity contribution is 5.41. The standard InChI is InChI=1S/C16H19NO2/c18-12-17-16(9-1-2-10-16)13-5-3-8-15(11-13)19-14-6-4-7-14/h3,5,8,11,14H,1-2,4,6-7,9-10H2. The third-order valence-corrected chi connectivity index (χ3v) is 4.42. The minimum Gasteiger partial charge on any atom is -0.490 e. The number of benzene rings is 1. The molecule has 2 aliphatic rings. The lowest BCUT2D eigenvalue weighted by atomic mass is 9.89. The molecular weight excluding hydrogens is 238 g/mol. The number of hydrogen-bond donors (Lipinski definition) is 0. The highest BCUT2D eigenvalue weighted by atomic mass is 16.5.